The molecule has 2 amide bonds. The third-order valence-corrected chi connectivity index (χ3v) is 2.21. The summed E-state index contributed by atoms with van der Waals surface area (Å²) in [5.74, 6) is -0.115. The minimum Gasteiger partial charge on any atom is -0.359 e. The van der Waals surface area contributed by atoms with Gasteiger partial charge in [0.05, 0.1) is 5.41 Å². The Morgan fingerprint density at radius 1 is 1.00 bits per heavy atom. The quantitative estimate of drug-likeness (QED) is 0.734. The van der Waals surface area contributed by atoms with Crippen LogP contribution in [-0.2, 0) is 9.59 Å². The van der Waals surface area contributed by atoms with Crippen molar-refractivity contribution in [3.05, 3.63) is 0 Å². The maximum atomic E-state index is 11.6. The minimum absolute atomic E-state index is 0.0421. The number of amides is 2. The lowest BCUT2D eigenvalue weighted by Gasteiger charge is -2.25. The van der Waals surface area contributed by atoms with Gasteiger partial charge in [0.25, 0.3) is 0 Å². The van der Waals surface area contributed by atoms with Crippen molar-refractivity contribution in [1.82, 2.24) is 10.6 Å². The lowest BCUT2D eigenvalue weighted by atomic mass is 9.90. The summed E-state index contributed by atoms with van der Waals surface area (Å²) in [7, 11) is 1.59. The zero-order chi connectivity index (χ0) is 12.3. The van der Waals surface area contributed by atoms with Gasteiger partial charge in [0, 0.05) is 19.0 Å². The standard InChI is InChI=1S/C11H22N2O2/c1-10(2,3)8(14)13-7-11(4,5)9(15)12-6/h7H2,1-6H3,(H,12,15)(H,13,14). The average molecular weight is 214 g/mol. The highest BCUT2D eigenvalue weighted by Crippen LogP contribution is 2.16. The van der Waals surface area contributed by atoms with Crippen LogP contribution >= 0.6 is 0 Å². The number of hydrogen-bond acceptors (Lipinski definition) is 2. The van der Waals surface area contributed by atoms with E-state index in [1.165, 1.54) is 0 Å². The Kier molecular flexibility index (Phi) is 4.31. The highest BCUT2D eigenvalue weighted by atomic mass is 16.2. The van der Waals surface area contributed by atoms with E-state index in [4.69, 9.17) is 0 Å². The fraction of sp³-hybridized carbons (Fsp3) is 0.818. The van der Waals surface area contributed by atoms with E-state index in [9.17, 15) is 9.59 Å². The third-order valence-electron chi connectivity index (χ3n) is 2.21. The van der Waals surface area contributed by atoms with E-state index in [2.05, 4.69) is 10.6 Å². The summed E-state index contributed by atoms with van der Waals surface area (Å²) in [5.41, 5.74) is -0.992. The lowest BCUT2D eigenvalue weighted by Crippen LogP contribution is -2.46. The fourth-order valence-electron chi connectivity index (χ4n) is 0.985. The van der Waals surface area contributed by atoms with Crippen LogP contribution in [0.4, 0.5) is 0 Å². The number of carbonyl (C=O) groups excluding carboxylic acids is 2. The van der Waals surface area contributed by atoms with Crippen molar-refractivity contribution >= 4 is 11.8 Å². The fourth-order valence-corrected chi connectivity index (χ4v) is 0.985. The maximum Gasteiger partial charge on any atom is 0.227 e. The van der Waals surface area contributed by atoms with Gasteiger partial charge in [0.15, 0.2) is 0 Å². The van der Waals surface area contributed by atoms with E-state index in [0.717, 1.165) is 0 Å². The molecule has 0 aliphatic rings. The summed E-state index contributed by atoms with van der Waals surface area (Å²) in [4.78, 5) is 23.0. The predicted molar refractivity (Wildman–Crippen MR) is 60.3 cm³/mol. The average Bonchev–Trinajstić information content (AvgIpc) is 2.11. The molecule has 2 N–H and O–H groups in total. The molecule has 0 unspecified atom stereocenters. The Bertz CT molecular complexity index is 252. The second-order valence-electron chi connectivity index (χ2n) is 5.40. The topological polar surface area (TPSA) is 58.2 Å². The molecule has 0 aromatic carbocycles. The summed E-state index contributed by atoms with van der Waals surface area (Å²) in [5, 5.41) is 5.36. The van der Waals surface area contributed by atoms with Crippen molar-refractivity contribution in [3.63, 3.8) is 0 Å². The van der Waals surface area contributed by atoms with Gasteiger partial charge in [-0.15, -0.1) is 0 Å². The molecule has 0 fully saturated rings. The Balaban J connectivity index is 4.28. The van der Waals surface area contributed by atoms with Gasteiger partial charge in [-0.3, -0.25) is 9.59 Å². The summed E-state index contributed by atoms with van der Waals surface area (Å²) in [6.07, 6.45) is 0. The normalized spacial score (nSPS) is 12.1. The van der Waals surface area contributed by atoms with Crippen LogP contribution in [-0.4, -0.2) is 25.4 Å². The molecule has 0 rings (SSSR count). The molecule has 0 saturated carbocycles. The molecular weight excluding hydrogens is 192 g/mol. The molecule has 4 nitrogen and oxygen atoms in total. The predicted octanol–water partition coefficient (Wildman–Crippen LogP) is 0.921. The van der Waals surface area contributed by atoms with E-state index in [-0.39, 0.29) is 11.8 Å². The van der Waals surface area contributed by atoms with Gasteiger partial charge in [0.1, 0.15) is 0 Å². The summed E-state index contributed by atoms with van der Waals surface area (Å²) >= 11 is 0. The van der Waals surface area contributed by atoms with Gasteiger partial charge in [-0.2, -0.15) is 0 Å². The van der Waals surface area contributed by atoms with Crippen LogP contribution in [0.2, 0.25) is 0 Å². The molecule has 0 saturated heterocycles. The number of carbonyl (C=O) groups is 2. The molecule has 15 heavy (non-hydrogen) atoms. The van der Waals surface area contributed by atoms with E-state index < -0.39 is 10.8 Å². The summed E-state index contributed by atoms with van der Waals surface area (Å²) < 4.78 is 0. The van der Waals surface area contributed by atoms with E-state index in [1.807, 2.05) is 20.8 Å². The Morgan fingerprint density at radius 2 is 1.47 bits per heavy atom. The maximum absolute atomic E-state index is 11.6. The largest absolute Gasteiger partial charge is 0.359 e. The molecule has 0 aromatic rings. The van der Waals surface area contributed by atoms with Crippen LogP contribution in [0.25, 0.3) is 0 Å². The highest BCUT2D eigenvalue weighted by molar-refractivity contribution is 5.84. The van der Waals surface area contributed by atoms with Gasteiger partial charge >= 0.3 is 0 Å². The number of rotatable bonds is 3. The van der Waals surface area contributed by atoms with Crippen LogP contribution in [0, 0.1) is 10.8 Å². The van der Waals surface area contributed by atoms with Crippen molar-refractivity contribution in [3.8, 4) is 0 Å². The zero-order valence-electron chi connectivity index (χ0n) is 10.5. The Labute approximate surface area is 91.8 Å². The second-order valence-corrected chi connectivity index (χ2v) is 5.40. The van der Waals surface area contributed by atoms with Crippen molar-refractivity contribution < 1.29 is 9.59 Å². The van der Waals surface area contributed by atoms with Gasteiger partial charge in [-0.1, -0.05) is 20.8 Å². The molecule has 0 atom stereocenters. The SMILES string of the molecule is CNC(=O)C(C)(C)CNC(=O)C(C)(C)C. The van der Waals surface area contributed by atoms with Crippen LogP contribution in [0.15, 0.2) is 0 Å². The van der Waals surface area contributed by atoms with Crippen LogP contribution in [0.1, 0.15) is 34.6 Å². The zero-order valence-corrected chi connectivity index (χ0v) is 10.5. The van der Waals surface area contributed by atoms with Gasteiger partial charge in [-0.25, -0.2) is 0 Å². The first-order valence-corrected chi connectivity index (χ1v) is 5.12. The lowest BCUT2D eigenvalue weighted by molar-refractivity contribution is -0.131. The van der Waals surface area contributed by atoms with Crippen molar-refractivity contribution in [2.24, 2.45) is 10.8 Å². The van der Waals surface area contributed by atoms with Gasteiger partial charge in [-0.05, 0) is 13.8 Å². The van der Waals surface area contributed by atoms with Crippen molar-refractivity contribution in [1.29, 1.82) is 0 Å². The van der Waals surface area contributed by atoms with E-state index in [0.29, 0.717) is 6.54 Å². The van der Waals surface area contributed by atoms with Crippen LogP contribution < -0.4 is 10.6 Å². The molecule has 0 aliphatic carbocycles. The molecule has 4 heteroatoms. The molecule has 0 spiro atoms. The van der Waals surface area contributed by atoms with Gasteiger partial charge in [0.2, 0.25) is 11.8 Å². The molecule has 0 bridgehead atoms. The number of nitrogens with one attached hydrogen (secondary N) is 2. The molecule has 0 aromatic heterocycles. The second kappa shape index (κ2) is 4.64. The molecule has 0 heterocycles. The summed E-state index contributed by atoms with van der Waals surface area (Å²) in [6.45, 7) is 9.48. The molecule has 0 radical (unpaired) electrons. The van der Waals surface area contributed by atoms with Gasteiger partial charge < -0.3 is 10.6 Å². The molecular formula is C11H22N2O2. The van der Waals surface area contributed by atoms with E-state index >= 15 is 0 Å². The highest BCUT2D eigenvalue weighted by Gasteiger charge is 2.29. The first-order chi connectivity index (χ1) is 6.61. The van der Waals surface area contributed by atoms with Crippen LogP contribution in [0.3, 0.4) is 0 Å². The summed E-state index contributed by atoms with van der Waals surface area (Å²) in [6, 6.07) is 0. The smallest absolute Gasteiger partial charge is 0.227 e. The third kappa shape index (κ3) is 4.32. The van der Waals surface area contributed by atoms with Crippen molar-refractivity contribution in [2.45, 2.75) is 34.6 Å². The Hall–Kier alpha value is -1.06. The molecule has 88 valence electrons. The number of hydrogen-bond donors (Lipinski definition) is 2. The van der Waals surface area contributed by atoms with Crippen LogP contribution in [0.5, 0.6) is 0 Å². The van der Waals surface area contributed by atoms with E-state index in [1.54, 1.807) is 20.9 Å². The van der Waals surface area contributed by atoms with Crippen molar-refractivity contribution in [2.75, 3.05) is 13.6 Å². The minimum atomic E-state index is -0.574. The Morgan fingerprint density at radius 3 is 1.80 bits per heavy atom. The first-order valence-electron chi connectivity index (χ1n) is 5.12. The molecule has 0 aliphatic heterocycles. The first kappa shape index (κ1) is 13.9. The monoisotopic (exact) mass is 214 g/mol.